The molecule has 0 amide bonds. The quantitative estimate of drug-likeness (QED) is 0.835. The Morgan fingerprint density at radius 2 is 1.68 bits per heavy atom. The van der Waals surface area contributed by atoms with Crippen molar-refractivity contribution >= 4 is 10.0 Å². The van der Waals surface area contributed by atoms with E-state index in [9.17, 15) is 26.0 Å². The van der Waals surface area contributed by atoms with E-state index >= 15 is 0 Å². The lowest BCUT2D eigenvalue weighted by atomic mass is 10.4. The van der Waals surface area contributed by atoms with Crippen molar-refractivity contribution in [2.45, 2.75) is 11.1 Å². The molecule has 0 aromatic heterocycles. The van der Waals surface area contributed by atoms with Gasteiger partial charge in [0, 0.05) is 13.1 Å². The Morgan fingerprint density at radius 1 is 1.16 bits per heavy atom. The fourth-order valence-electron chi connectivity index (χ4n) is 1.38. The lowest BCUT2D eigenvalue weighted by molar-refractivity contribution is -0.136. The van der Waals surface area contributed by atoms with Gasteiger partial charge in [0.1, 0.15) is 12.4 Å². The molecule has 1 aromatic carbocycles. The van der Waals surface area contributed by atoms with Crippen LogP contribution in [-0.2, 0) is 10.0 Å². The van der Waals surface area contributed by atoms with E-state index in [1.54, 1.807) is 0 Å². The van der Waals surface area contributed by atoms with Gasteiger partial charge in [0.2, 0.25) is 10.0 Å². The number of rotatable bonds is 5. The highest BCUT2D eigenvalue weighted by Crippen LogP contribution is 2.22. The SMILES string of the molecule is NCCN(CC(F)(F)F)S(=O)(=O)c1ccc(F)cc1. The molecule has 108 valence electrons. The van der Waals surface area contributed by atoms with Crippen LogP contribution in [0.4, 0.5) is 17.6 Å². The number of nitrogens with two attached hydrogens (primary N) is 1. The van der Waals surface area contributed by atoms with Gasteiger partial charge in [-0.1, -0.05) is 0 Å². The van der Waals surface area contributed by atoms with Crippen molar-refractivity contribution in [1.29, 1.82) is 0 Å². The van der Waals surface area contributed by atoms with Gasteiger partial charge in [-0.3, -0.25) is 0 Å². The number of sulfonamides is 1. The molecule has 0 atom stereocenters. The monoisotopic (exact) mass is 300 g/mol. The zero-order chi connectivity index (χ0) is 14.7. The van der Waals surface area contributed by atoms with Gasteiger partial charge in [-0.2, -0.15) is 17.5 Å². The number of hydrogen-bond donors (Lipinski definition) is 1. The van der Waals surface area contributed by atoms with E-state index in [1.165, 1.54) is 0 Å². The van der Waals surface area contributed by atoms with Crippen molar-refractivity contribution in [3.05, 3.63) is 30.1 Å². The smallest absolute Gasteiger partial charge is 0.329 e. The van der Waals surface area contributed by atoms with Crippen LogP contribution < -0.4 is 5.73 Å². The fourth-order valence-corrected chi connectivity index (χ4v) is 2.82. The summed E-state index contributed by atoms with van der Waals surface area (Å²) in [5, 5.41) is 0. The second kappa shape index (κ2) is 5.85. The van der Waals surface area contributed by atoms with Crippen molar-refractivity contribution in [2.24, 2.45) is 5.73 Å². The molecule has 0 heterocycles. The van der Waals surface area contributed by atoms with Gasteiger partial charge in [-0.05, 0) is 24.3 Å². The third-order valence-corrected chi connectivity index (χ3v) is 4.04. The first kappa shape index (κ1) is 15.9. The topological polar surface area (TPSA) is 63.4 Å². The maximum atomic E-state index is 12.7. The molecule has 2 N–H and O–H groups in total. The van der Waals surface area contributed by atoms with Gasteiger partial charge in [0.05, 0.1) is 4.90 Å². The van der Waals surface area contributed by atoms with Crippen molar-refractivity contribution in [2.75, 3.05) is 19.6 Å². The summed E-state index contributed by atoms with van der Waals surface area (Å²) in [6.07, 6.45) is -4.68. The standard InChI is InChI=1S/C10H12F4N2O2S/c11-8-1-3-9(4-2-8)19(17,18)16(6-5-15)7-10(12,13)14/h1-4H,5-7,15H2. The molecule has 1 rings (SSSR count). The molecule has 0 aliphatic carbocycles. The van der Waals surface area contributed by atoms with Crippen LogP contribution in [0.5, 0.6) is 0 Å². The van der Waals surface area contributed by atoms with Crippen LogP contribution in [0.2, 0.25) is 0 Å². The minimum absolute atomic E-state index is 0.222. The molecule has 19 heavy (non-hydrogen) atoms. The number of alkyl halides is 3. The van der Waals surface area contributed by atoms with E-state index in [0.29, 0.717) is 0 Å². The van der Waals surface area contributed by atoms with E-state index in [4.69, 9.17) is 5.73 Å². The second-order valence-corrected chi connectivity index (χ2v) is 5.63. The van der Waals surface area contributed by atoms with Gasteiger partial charge in [-0.15, -0.1) is 0 Å². The molecule has 0 saturated carbocycles. The molecule has 0 radical (unpaired) electrons. The van der Waals surface area contributed by atoms with E-state index in [-0.39, 0.29) is 10.8 Å². The van der Waals surface area contributed by atoms with Crippen LogP contribution in [0.15, 0.2) is 29.2 Å². The summed E-state index contributed by atoms with van der Waals surface area (Å²) >= 11 is 0. The molecule has 1 aromatic rings. The molecule has 0 saturated heterocycles. The van der Waals surface area contributed by atoms with E-state index < -0.39 is 40.0 Å². The molecule has 4 nitrogen and oxygen atoms in total. The summed E-state index contributed by atoms with van der Waals surface area (Å²) in [6, 6.07) is 3.54. The summed E-state index contributed by atoms with van der Waals surface area (Å²) in [7, 11) is -4.35. The maximum Gasteiger partial charge on any atom is 0.402 e. The van der Waals surface area contributed by atoms with Gasteiger partial charge in [-0.25, -0.2) is 12.8 Å². The summed E-state index contributed by atoms with van der Waals surface area (Å²) in [5.74, 6) is -0.680. The van der Waals surface area contributed by atoms with Gasteiger partial charge < -0.3 is 5.73 Å². The third kappa shape index (κ3) is 4.44. The predicted octanol–water partition coefficient (Wildman–Crippen LogP) is 1.34. The van der Waals surface area contributed by atoms with E-state index in [1.807, 2.05) is 0 Å². The van der Waals surface area contributed by atoms with Crippen molar-refractivity contribution in [3.63, 3.8) is 0 Å². The molecule has 0 aliphatic rings. The molecule has 0 aliphatic heterocycles. The van der Waals surface area contributed by atoms with E-state index in [2.05, 4.69) is 0 Å². The van der Waals surface area contributed by atoms with Gasteiger partial charge >= 0.3 is 6.18 Å². The average molecular weight is 300 g/mol. The Kier molecular flexibility index (Phi) is 4.88. The molecule has 0 spiro atoms. The molecule has 0 unspecified atom stereocenters. The Balaban J connectivity index is 3.09. The average Bonchev–Trinajstić information content (AvgIpc) is 2.27. The first-order valence-electron chi connectivity index (χ1n) is 5.19. The largest absolute Gasteiger partial charge is 0.402 e. The van der Waals surface area contributed by atoms with Gasteiger partial charge in [0.25, 0.3) is 0 Å². The zero-order valence-corrected chi connectivity index (χ0v) is 10.5. The van der Waals surface area contributed by atoms with Crippen LogP contribution in [0, 0.1) is 5.82 Å². The van der Waals surface area contributed by atoms with Crippen LogP contribution >= 0.6 is 0 Å². The predicted molar refractivity (Wildman–Crippen MR) is 60.3 cm³/mol. The molecule has 0 fully saturated rings. The van der Waals surface area contributed by atoms with Crippen LogP contribution in [0.25, 0.3) is 0 Å². The Bertz CT molecular complexity index is 513. The number of benzene rings is 1. The molecular formula is C10H12F4N2O2S. The summed E-state index contributed by atoms with van der Waals surface area (Å²) in [6.45, 7) is -2.36. The zero-order valence-electron chi connectivity index (χ0n) is 9.69. The minimum Gasteiger partial charge on any atom is -0.329 e. The number of halogens is 4. The van der Waals surface area contributed by atoms with Crippen LogP contribution in [-0.4, -0.2) is 38.5 Å². The number of hydrogen-bond acceptors (Lipinski definition) is 3. The normalized spacial score (nSPS) is 12.9. The van der Waals surface area contributed by atoms with Gasteiger partial charge in [0.15, 0.2) is 0 Å². The Labute approximate surface area is 107 Å². The summed E-state index contributed by atoms with van der Waals surface area (Å²) in [5.41, 5.74) is 5.11. The Hall–Kier alpha value is -1.19. The summed E-state index contributed by atoms with van der Waals surface area (Å²) < 4.78 is 73.8. The second-order valence-electron chi connectivity index (χ2n) is 3.70. The first-order valence-corrected chi connectivity index (χ1v) is 6.63. The van der Waals surface area contributed by atoms with Crippen molar-refractivity contribution in [1.82, 2.24) is 4.31 Å². The highest BCUT2D eigenvalue weighted by Gasteiger charge is 2.36. The molecule has 9 heteroatoms. The van der Waals surface area contributed by atoms with Crippen molar-refractivity contribution < 1.29 is 26.0 Å². The lowest BCUT2D eigenvalue weighted by Gasteiger charge is -2.22. The molecule has 0 bridgehead atoms. The van der Waals surface area contributed by atoms with Crippen LogP contribution in [0.3, 0.4) is 0 Å². The Morgan fingerprint density at radius 3 is 2.11 bits per heavy atom. The lowest BCUT2D eigenvalue weighted by Crippen LogP contribution is -2.41. The first-order chi connectivity index (χ1) is 8.66. The fraction of sp³-hybridized carbons (Fsp3) is 0.400. The third-order valence-electron chi connectivity index (χ3n) is 2.19. The minimum atomic E-state index is -4.68. The highest BCUT2D eigenvalue weighted by molar-refractivity contribution is 7.89. The van der Waals surface area contributed by atoms with Crippen LogP contribution in [0.1, 0.15) is 0 Å². The summed E-state index contributed by atoms with van der Waals surface area (Å²) in [4.78, 5) is -0.411. The molecular weight excluding hydrogens is 288 g/mol. The highest BCUT2D eigenvalue weighted by atomic mass is 32.2. The van der Waals surface area contributed by atoms with E-state index in [0.717, 1.165) is 24.3 Å². The maximum absolute atomic E-state index is 12.7. The number of nitrogens with zero attached hydrogens (tertiary/aromatic N) is 1. The van der Waals surface area contributed by atoms with Crippen molar-refractivity contribution in [3.8, 4) is 0 Å².